The predicted molar refractivity (Wildman–Crippen MR) is 408 cm³/mol. The van der Waals surface area contributed by atoms with Crippen molar-refractivity contribution >= 4 is 102 Å². The first-order chi connectivity index (χ1) is 45.9. The zero-order valence-electron chi connectivity index (χ0n) is 56.0. The largest absolute Gasteiger partial charge is 0.310 e. The van der Waals surface area contributed by atoms with Crippen LogP contribution in [0.3, 0.4) is 0 Å². The zero-order chi connectivity index (χ0) is 64.8. The Kier molecular flexibility index (Phi) is 13.2. The molecule has 0 aromatic heterocycles. The monoisotopic (exact) mass is 1220 g/mol. The third-order valence-electron chi connectivity index (χ3n) is 21.4. The van der Waals surface area contributed by atoms with Crippen LogP contribution < -0.4 is 9.80 Å². The highest BCUT2D eigenvalue weighted by molar-refractivity contribution is 6.16. The van der Waals surface area contributed by atoms with Gasteiger partial charge in [0.15, 0.2) is 0 Å². The number of anilines is 6. The van der Waals surface area contributed by atoms with Crippen LogP contribution in [0.4, 0.5) is 34.1 Å². The van der Waals surface area contributed by atoms with Crippen molar-refractivity contribution in [3.63, 3.8) is 0 Å². The molecule has 17 rings (SSSR count). The minimum atomic E-state index is -0.223. The molecular formula is C93H76N2. The van der Waals surface area contributed by atoms with Crippen molar-refractivity contribution in [2.24, 2.45) is 0 Å². The van der Waals surface area contributed by atoms with Crippen molar-refractivity contribution in [3.8, 4) is 33.4 Å². The van der Waals surface area contributed by atoms with E-state index >= 15 is 0 Å². The van der Waals surface area contributed by atoms with Crippen molar-refractivity contribution in [1.29, 1.82) is 0 Å². The summed E-state index contributed by atoms with van der Waals surface area (Å²) in [7, 11) is 0. The quantitative estimate of drug-likeness (QED) is 0.0995. The molecule has 458 valence electrons. The molecule has 0 atom stereocenters. The number of rotatable bonds is 10. The van der Waals surface area contributed by atoms with Gasteiger partial charge >= 0.3 is 0 Å². The van der Waals surface area contributed by atoms with Gasteiger partial charge < -0.3 is 9.80 Å². The Hall–Kier alpha value is -10.8. The molecule has 2 nitrogen and oxygen atoms in total. The molecule has 0 saturated heterocycles. The molecule has 0 aliphatic heterocycles. The second kappa shape index (κ2) is 21.6. The van der Waals surface area contributed by atoms with Crippen molar-refractivity contribution in [1.82, 2.24) is 0 Å². The molecule has 0 unspecified atom stereocenters. The Labute approximate surface area is 559 Å². The molecule has 0 amide bonds. The second-order valence-corrected chi connectivity index (χ2v) is 28.9. The summed E-state index contributed by atoms with van der Waals surface area (Å²) >= 11 is 0. The van der Waals surface area contributed by atoms with Gasteiger partial charge in [-0.05, 0) is 232 Å². The van der Waals surface area contributed by atoms with Gasteiger partial charge in [-0.2, -0.15) is 0 Å². The maximum absolute atomic E-state index is 2.49. The zero-order valence-corrected chi connectivity index (χ0v) is 56.0. The molecule has 14 aromatic rings. The van der Waals surface area contributed by atoms with Crippen molar-refractivity contribution < 1.29 is 0 Å². The van der Waals surface area contributed by atoms with Crippen molar-refractivity contribution in [3.05, 3.63) is 333 Å². The molecule has 0 fully saturated rings. The topological polar surface area (TPSA) is 6.48 Å². The summed E-state index contributed by atoms with van der Waals surface area (Å²) in [6.07, 6.45) is 9.23. The minimum Gasteiger partial charge on any atom is -0.310 e. The standard InChI is InChI=1S/C93H76N2/c1-57-43-58(2)46-69(45-57)94(89-53-65-19-11-13-21-71(65)73-23-15-17-25-81(73)89)67-35-41-79-77-39-33-63(51-85(77)92(7,8)87(79)55-67)29-27-61-31-37-75-76-38-32-62(50-84(76)91(5,6)83(75)49-61)28-30-64-34-40-78-80-42-36-68(56-88(80)93(9,10)86(78)52-64)95(70-47-59(3)44-60(4)48-70)90-54-66-20-12-14-22-72(66)74-24-16-18-26-82(74)90/h11-56H,1-10H3/b29-27+,30-28+. The van der Waals surface area contributed by atoms with Crippen molar-refractivity contribution in [2.75, 3.05) is 9.80 Å². The highest BCUT2D eigenvalue weighted by atomic mass is 15.2. The summed E-state index contributed by atoms with van der Waals surface area (Å²) in [4.78, 5) is 4.99. The Morgan fingerprint density at radius 3 is 0.811 bits per heavy atom. The lowest BCUT2D eigenvalue weighted by molar-refractivity contribution is 0.660. The Balaban J connectivity index is 0.630. The van der Waals surface area contributed by atoms with Crippen LogP contribution >= 0.6 is 0 Å². The normalized spacial score (nSPS) is 14.4. The first-order valence-corrected chi connectivity index (χ1v) is 33.8. The van der Waals surface area contributed by atoms with Gasteiger partial charge in [-0.25, -0.2) is 0 Å². The first-order valence-electron chi connectivity index (χ1n) is 33.8. The number of nitrogens with zero attached hydrogens (tertiary/aromatic N) is 2. The van der Waals surface area contributed by atoms with Gasteiger partial charge in [0.25, 0.3) is 0 Å². The minimum absolute atomic E-state index is 0.174. The van der Waals surface area contributed by atoms with Crippen LogP contribution in [0.25, 0.3) is 101 Å². The lowest BCUT2D eigenvalue weighted by Crippen LogP contribution is -2.17. The average molecular weight is 1220 g/mol. The number of hydrogen-bond acceptors (Lipinski definition) is 2. The number of aryl methyl sites for hydroxylation is 4. The highest BCUT2D eigenvalue weighted by Crippen LogP contribution is 2.55. The fraction of sp³-hybridized carbons (Fsp3) is 0.140. The van der Waals surface area contributed by atoms with E-state index < -0.39 is 0 Å². The van der Waals surface area contributed by atoms with E-state index in [-0.39, 0.29) is 16.2 Å². The molecule has 14 aromatic carbocycles. The Bertz CT molecular complexity index is 5260. The average Bonchev–Trinajstić information content (AvgIpc) is 1.67. The van der Waals surface area contributed by atoms with E-state index in [0.29, 0.717) is 0 Å². The Morgan fingerprint density at radius 2 is 0.495 bits per heavy atom. The molecular weight excluding hydrogens is 1150 g/mol. The molecule has 0 N–H and O–H groups in total. The maximum Gasteiger partial charge on any atom is 0.0546 e. The van der Waals surface area contributed by atoms with E-state index in [4.69, 9.17) is 0 Å². The van der Waals surface area contributed by atoms with Crippen LogP contribution in [0.5, 0.6) is 0 Å². The molecule has 0 heterocycles. The highest BCUT2D eigenvalue weighted by Gasteiger charge is 2.39. The molecule has 2 heteroatoms. The summed E-state index contributed by atoms with van der Waals surface area (Å²) in [6, 6.07) is 96.7. The summed E-state index contributed by atoms with van der Waals surface area (Å²) < 4.78 is 0. The first kappa shape index (κ1) is 58.1. The number of benzene rings is 14. The predicted octanol–water partition coefficient (Wildman–Crippen LogP) is 25.7. The van der Waals surface area contributed by atoms with E-state index in [1.165, 1.54) is 177 Å². The maximum atomic E-state index is 2.49. The fourth-order valence-electron chi connectivity index (χ4n) is 16.8. The molecule has 0 bridgehead atoms. The summed E-state index contributed by atoms with van der Waals surface area (Å²) in [6.45, 7) is 23.2. The van der Waals surface area contributed by atoms with Gasteiger partial charge in [0, 0.05) is 49.8 Å². The van der Waals surface area contributed by atoms with Gasteiger partial charge in [-0.3, -0.25) is 0 Å². The Morgan fingerprint density at radius 1 is 0.232 bits per heavy atom. The van der Waals surface area contributed by atoms with E-state index in [2.05, 4.69) is 358 Å². The van der Waals surface area contributed by atoms with Crippen LogP contribution in [0, 0.1) is 27.7 Å². The fourth-order valence-corrected chi connectivity index (χ4v) is 16.8. The van der Waals surface area contributed by atoms with E-state index in [1.807, 2.05) is 0 Å². The van der Waals surface area contributed by atoms with Gasteiger partial charge in [-0.15, -0.1) is 0 Å². The smallest absolute Gasteiger partial charge is 0.0546 e. The second-order valence-electron chi connectivity index (χ2n) is 28.9. The van der Waals surface area contributed by atoms with Crippen LogP contribution in [0.1, 0.15) is 119 Å². The van der Waals surface area contributed by atoms with Gasteiger partial charge in [-0.1, -0.05) is 260 Å². The van der Waals surface area contributed by atoms with Gasteiger partial charge in [0.2, 0.25) is 0 Å². The van der Waals surface area contributed by atoms with E-state index in [1.54, 1.807) is 0 Å². The summed E-state index contributed by atoms with van der Waals surface area (Å²) in [5.74, 6) is 0. The summed E-state index contributed by atoms with van der Waals surface area (Å²) in [5, 5.41) is 10.0. The molecule has 0 radical (unpaired) electrons. The van der Waals surface area contributed by atoms with E-state index in [0.717, 1.165) is 11.4 Å². The molecule has 0 saturated carbocycles. The van der Waals surface area contributed by atoms with E-state index in [9.17, 15) is 0 Å². The van der Waals surface area contributed by atoms with Crippen LogP contribution in [0.2, 0.25) is 0 Å². The van der Waals surface area contributed by atoms with Crippen LogP contribution in [-0.4, -0.2) is 0 Å². The third-order valence-corrected chi connectivity index (χ3v) is 21.4. The van der Waals surface area contributed by atoms with Gasteiger partial charge in [0.05, 0.1) is 11.4 Å². The third kappa shape index (κ3) is 9.43. The number of hydrogen-bond donors (Lipinski definition) is 0. The summed E-state index contributed by atoms with van der Waals surface area (Å²) in [5.41, 5.74) is 32.3. The SMILES string of the molecule is Cc1cc(C)cc(N(c2ccc3c(c2)C(C)(C)c2cc(/C=C/c4ccc5c(c4)C(C)(C)c4cc(/C=C/c6ccc7c(c6)C(C)(C)c6cc(N(c8cc(C)cc(C)c8)c8cc9ccccc9c9ccccc89)ccc6-7)ccc4-5)ccc2-3)c2cc3ccccc3c3ccccc23)c1. The number of fused-ring (bicyclic) bond motifs is 15. The van der Waals surface area contributed by atoms with Crippen LogP contribution in [0.15, 0.2) is 255 Å². The lowest BCUT2D eigenvalue weighted by atomic mass is 9.81. The molecule has 3 aliphatic carbocycles. The van der Waals surface area contributed by atoms with Crippen molar-refractivity contribution in [2.45, 2.75) is 85.5 Å². The molecule has 95 heavy (non-hydrogen) atoms. The molecule has 3 aliphatic rings. The van der Waals surface area contributed by atoms with Gasteiger partial charge in [0.1, 0.15) is 0 Å². The molecule has 0 spiro atoms. The lowest BCUT2D eigenvalue weighted by Gasteiger charge is -2.30. The van der Waals surface area contributed by atoms with Crippen LogP contribution in [-0.2, 0) is 16.2 Å².